The number of nitrogens with zero attached hydrogens (tertiary/aromatic N) is 3. The molecule has 0 atom stereocenters. The van der Waals surface area contributed by atoms with Crippen LogP contribution >= 0.6 is 23.1 Å². The Morgan fingerprint density at radius 1 is 1.09 bits per heavy atom. The van der Waals surface area contributed by atoms with Gasteiger partial charge in [0.05, 0.1) is 16.4 Å². The molecule has 1 saturated carbocycles. The van der Waals surface area contributed by atoms with Gasteiger partial charge in [0.2, 0.25) is 5.91 Å². The zero-order valence-corrected chi connectivity index (χ0v) is 18.4. The SMILES string of the molecule is O=C(Nc1nc2ccc(Sc3cnc4ccc(-c5ccc(F)cc5)cn34)cc2s1)C1CC1. The number of halogens is 1. The molecule has 1 amide bonds. The molecule has 32 heavy (non-hydrogen) atoms. The van der Waals surface area contributed by atoms with Crippen molar-refractivity contribution < 1.29 is 9.18 Å². The highest BCUT2D eigenvalue weighted by molar-refractivity contribution is 7.99. The average Bonchev–Trinajstić information content (AvgIpc) is 3.47. The second kappa shape index (κ2) is 7.72. The van der Waals surface area contributed by atoms with Crippen LogP contribution in [-0.4, -0.2) is 20.3 Å². The topological polar surface area (TPSA) is 59.3 Å². The largest absolute Gasteiger partial charge is 0.302 e. The number of pyridine rings is 1. The summed E-state index contributed by atoms with van der Waals surface area (Å²) in [6.07, 6.45) is 5.82. The summed E-state index contributed by atoms with van der Waals surface area (Å²) < 4.78 is 16.4. The maximum Gasteiger partial charge on any atom is 0.229 e. The van der Waals surface area contributed by atoms with Gasteiger partial charge in [-0.15, -0.1) is 0 Å². The number of hydrogen-bond acceptors (Lipinski definition) is 5. The quantitative estimate of drug-likeness (QED) is 0.337. The van der Waals surface area contributed by atoms with Crippen molar-refractivity contribution in [3.63, 3.8) is 0 Å². The lowest BCUT2D eigenvalue weighted by Gasteiger charge is -2.06. The number of carbonyl (C=O) groups is 1. The Labute approximate surface area is 191 Å². The fourth-order valence-corrected chi connectivity index (χ4v) is 5.43. The van der Waals surface area contributed by atoms with Crippen LogP contribution in [-0.2, 0) is 4.79 Å². The van der Waals surface area contributed by atoms with E-state index in [1.165, 1.54) is 23.5 Å². The van der Waals surface area contributed by atoms with E-state index in [9.17, 15) is 9.18 Å². The van der Waals surface area contributed by atoms with Gasteiger partial charge >= 0.3 is 0 Å². The van der Waals surface area contributed by atoms with Crippen LogP contribution in [0, 0.1) is 11.7 Å². The third kappa shape index (κ3) is 3.76. The van der Waals surface area contributed by atoms with Crippen molar-refractivity contribution in [1.82, 2.24) is 14.4 Å². The van der Waals surface area contributed by atoms with Gasteiger partial charge in [0.1, 0.15) is 16.5 Å². The normalized spacial score (nSPS) is 13.7. The Hall–Kier alpha value is -3.23. The molecule has 5 aromatic rings. The van der Waals surface area contributed by atoms with E-state index in [1.54, 1.807) is 23.9 Å². The fourth-order valence-electron chi connectivity index (χ4n) is 3.54. The van der Waals surface area contributed by atoms with Crippen LogP contribution in [0.3, 0.4) is 0 Å². The lowest BCUT2D eigenvalue weighted by molar-refractivity contribution is -0.117. The predicted molar refractivity (Wildman–Crippen MR) is 126 cm³/mol. The smallest absolute Gasteiger partial charge is 0.229 e. The third-order valence-electron chi connectivity index (χ3n) is 5.41. The minimum atomic E-state index is -0.248. The molecule has 3 aromatic heterocycles. The zero-order chi connectivity index (χ0) is 21.7. The van der Waals surface area contributed by atoms with Crippen LogP contribution in [0.2, 0.25) is 0 Å². The van der Waals surface area contributed by atoms with Crippen LogP contribution < -0.4 is 5.32 Å². The van der Waals surface area contributed by atoms with Gasteiger partial charge in [-0.25, -0.2) is 14.4 Å². The van der Waals surface area contributed by atoms with Crippen molar-refractivity contribution in [2.75, 3.05) is 5.32 Å². The molecule has 3 heterocycles. The molecule has 8 heteroatoms. The summed E-state index contributed by atoms with van der Waals surface area (Å²) in [6, 6.07) is 16.5. The minimum absolute atomic E-state index is 0.0707. The molecular weight excluding hydrogens is 443 g/mol. The highest BCUT2D eigenvalue weighted by Crippen LogP contribution is 2.36. The maximum absolute atomic E-state index is 13.3. The molecule has 5 nitrogen and oxygen atoms in total. The molecule has 1 N–H and O–H groups in total. The van der Waals surface area contributed by atoms with Crippen LogP contribution in [0.1, 0.15) is 12.8 Å². The Bertz CT molecular complexity index is 1470. The molecule has 158 valence electrons. The number of benzene rings is 2. The first-order valence-corrected chi connectivity index (χ1v) is 11.9. The monoisotopic (exact) mass is 460 g/mol. The lowest BCUT2D eigenvalue weighted by Crippen LogP contribution is -2.12. The van der Waals surface area contributed by atoms with Crippen molar-refractivity contribution in [2.24, 2.45) is 5.92 Å². The zero-order valence-electron chi connectivity index (χ0n) is 16.8. The molecule has 1 aliphatic rings. The van der Waals surface area contributed by atoms with E-state index in [2.05, 4.69) is 21.4 Å². The molecule has 0 aliphatic heterocycles. The molecular formula is C24H17FN4OS2. The van der Waals surface area contributed by atoms with E-state index in [4.69, 9.17) is 0 Å². The van der Waals surface area contributed by atoms with Gasteiger partial charge in [0, 0.05) is 17.0 Å². The van der Waals surface area contributed by atoms with E-state index in [1.807, 2.05) is 41.1 Å². The molecule has 0 radical (unpaired) electrons. The van der Waals surface area contributed by atoms with Gasteiger partial charge in [-0.2, -0.15) is 0 Å². The lowest BCUT2D eigenvalue weighted by atomic mass is 10.1. The number of anilines is 1. The van der Waals surface area contributed by atoms with E-state index in [-0.39, 0.29) is 17.6 Å². The van der Waals surface area contributed by atoms with Crippen molar-refractivity contribution in [3.05, 3.63) is 72.8 Å². The number of fused-ring (bicyclic) bond motifs is 2. The fraction of sp³-hybridized carbons (Fsp3) is 0.125. The summed E-state index contributed by atoms with van der Waals surface area (Å²) in [4.78, 5) is 22.1. The second-order valence-electron chi connectivity index (χ2n) is 7.76. The predicted octanol–water partition coefficient (Wildman–Crippen LogP) is 6.25. The van der Waals surface area contributed by atoms with Gasteiger partial charge in [-0.1, -0.05) is 35.2 Å². The first-order chi connectivity index (χ1) is 15.6. The van der Waals surface area contributed by atoms with E-state index in [0.29, 0.717) is 5.13 Å². The van der Waals surface area contributed by atoms with Gasteiger partial charge in [0.25, 0.3) is 0 Å². The van der Waals surface area contributed by atoms with Gasteiger partial charge < -0.3 is 5.32 Å². The van der Waals surface area contributed by atoms with Gasteiger partial charge in [-0.05, 0) is 66.4 Å². The molecule has 0 spiro atoms. The van der Waals surface area contributed by atoms with Crippen LogP contribution in [0.5, 0.6) is 0 Å². The third-order valence-corrected chi connectivity index (χ3v) is 7.34. The average molecular weight is 461 g/mol. The van der Waals surface area contributed by atoms with Crippen molar-refractivity contribution >= 4 is 50.0 Å². The second-order valence-corrected chi connectivity index (χ2v) is 9.89. The van der Waals surface area contributed by atoms with Crippen LogP contribution in [0.25, 0.3) is 27.0 Å². The number of nitrogens with one attached hydrogen (secondary N) is 1. The first kappa shape index (κ1) is 19.5. The molecule has 0 unspecified atom stereocenters. The Morgan fingerprint density at radius 3 is 2.72 bits per heavy atom. The molecule has 6 rings (SSSR count). The van der Waals surface area contributed by atoms with Crippen LogP contribution in [0.15, 0.2) is 76.9 Å². The van der Waals surface area contributed by atoms with Crippen molar-refractivity contribution in [1.29, 1.82) is 0 Å². The summed E-state index contributed by atoms with van der Waals surface area (Å²) in [5.74, 6) is -0.0214. The van der Waals surface area contributed by atoms with Gasteiger partial charge in [0.15, 0.2) is 5.13 Å². The number of hydrogen-bond donors (Lipinski definition) is 1. The number of carbonyl (C=O) groups excluding carboxylic acids is 1. The maximum atomic E-state index is 13.3. The first-order valence-electron chi connectivity index (χ1n) is 10.2. The number of amides is 1. The number of rotatable bonds is 5. The van der Waals surface area contributed by atoms with Crippen molar-refractivity contribution in [2.45, 2.75) is 22.8 Å². The number of aromatic nitrogens is 3. The molecule has 2 aromatic carbocycles. The number of imidazole rings is 1. The Morgan fingerprint density at radius 2 is 1.91 bits per heavy atom. The molecule has 1 aliphatic carbocycles. The molecule has 0 bridgehead atoms. The summed E-state index contributed by atoms with van der Waals surface area (Å²) in [5.41, 5.74) is 3.67. The molecule has 1 fully saturated rings. The van der Waals surface area contributed by atoms with E-state index < -0.39 is 0 Å². The highest BCUT2D eigenvalue weighted by atomic mass is 32.2. The highest BCUT2D eigenvalue weighted by Gasteiger charge is 2.30. The number of thiazole rings is 1. The Kier molecular flexibility index (Phi) is 4.69. The van der Waals surface area contributed by atoms with Crippen molar-refractivity contribution in [3.8, 4) is 11.1 Å². The van der Waals surface area contributed by atoms with Gasteiger partial charge in [-0.3, -0.25) is 9.20 Å². The van der Waals surface area contributed by atoms with Crippen LogP contribution in [0.4, 0.5) is 9.52 Å². The van der Waals surface area contributed by atoms with E-state index in [0.717, 1.165) is 49.8 Å². The Balaban J connectivity index is 1.29. The summed E-state index contributed by atoms with van der Waals surface area (Å²) in [5, 5.41) is 4.56. The molecule has 0 saturated heterocycles. The summed E-state index contributed by atoms with van der Waals surface area (Å²) in [6.45, 7) is 0. The van der Waals surface area contributed by atoms with E-state index >= 15 is 0 Å². The standard InChI is InChI=1S/C24H17FN4OS2/c25-17-6-3-14(4-7-17)16-5-10-21-26-12-22(29(21)13-16)31-18-8-9-19-20(11-18)32-24(27-19)28-23(30)15-1-2-15/h3-13,15H,1-2H2,(H,27,28,30). The minimum Gasteiger partial charge on any atom is -0.302 e. The summed E-state index contributed by atoms with van der Waals surface area (Å²) in [7, 11) is 0. The summed E-state index contributed by atoms with van der Waals surface area (Å²) >= 11 is 3.11.